The summed E-state index contributed by atoms with van der Waals surface area (Å²) >= 11 is 0. The highest BCUT2D eigenvalue weighted by Crippen LogP contribution is 2.59. The van der Waals surface area contributed by atoms with Crippen molar-refractivity contribution >= 4 is 0 Å². The Morgan fingerprint density at radius 1 is 1.20 bits per heavy atom. The zero-order chi connectivity index (χ0) is 13.7. The van der Waals surface area contributed by atoms with Gasteiger partial charge in [0, 0.05) is 6.20 Å². The highest BCUT2D eigenvalue weighted by Gasteiger charge is 2.50. The second-order valence-corrected chi connectivity index (χ2v) is 7.65. The molecule has 0 radical (unpaired) electrons. The Balaban J connectivity index is 1.63. The summed E-state index contributed by atoms with van der Waals surface area (Å²) in [6.07, 6.45) is 12.8. The number of hydrogen-bond donors (Lipinski definition) is 1. The number of hydrogen-bond acceptors (Lipinski definition) is 2. The Bertz CT molecular complexity index is 450. The van der Waals surface area contributed by atoms with Crippen LogP contribution in [0.1, 0.15) is 50.1 Å². The van der Waals surface area contributed by atoms with Crippen molar-refractivity contribution in [1.29, 1.82) is 0 Å². The average Bonchev–Trinajstić information content (AvgIpc) is 2.83. The monoisotopic (exact) mass is 273 g/mol. The van der Waals surface area contributed by atoms with Crippen molar-refractivity contribution in [3.8, 4) is 0 Å². The Morgan fingerprint density at radius 3 is 2.35 bits per heavy atom. The van der Waals surface area contributed by atoms with Crippen LogP contribution in [0.3, 0.4) is 0 Å². The highest BCUT2D eigenvalue weighted by atomic mass is 15.3. The van der Waals surface area contributed by atoms with Crippen LogP contribution in [-0.4, -0.2) is 16.3 Å². The lowest BCUT2D eigenvalue weighted by molar-refractivity contribution is -0.0613. The van der Waals surface area contributed by atoms with Crippen molar-refractivity contribution in [3.63, 3.8) is 0 Å². The minimum Gasteiger partial charge on any atom is -0.330 e. The van der Waals surface area contributed by atoms with E-state index in [2.05, 4.69) is 22.9 Å². The van der Waals surface area contributed by atoms with Gasteiger partial charge >= 0.3 is 0 Å². The van der Waals surface area contributed by atoms with Gasteiger partial charge in [0.25, 0.3) is 0 Å². The fraction of sp³-hybridized carbons (Fsp3) is 0.824. The van der Waals surface area contributed by atoms with Crippen LogP contribution in [0.4, 0.5) is 0 Å². The number of nitrogens with two attached hydrogens (primary N) is 1. The molecular weight excluding hydrogens is 246 g/mol. The van der Waals surface area contributed by atoms with Crippen LogP contribution in [-0.2, 0) is 0 Å². The fourth-order valence-corrected chi connectivity index (χ4v) is 5.88. The molecule has 0 aliphatic heterocycles. The van der Waals surface area contributed by atoms with Crippen molar-refractivity contribution in [3.05, 3.63) is 18.0 Å². The van der Waals surface area contributed by atoms with Crippen LogP contribution in [0.15, 0.2) is 12.4 Å². The molecule has 3 heteroatoms. The van der Waals surface area contributed by atoms with Crippen LogP contribution < -0.4 is 5.73 Å². The molecule has 4 aliphatic rings. The van der Waals surface area contributed by atoms with E-state index < -0.39 is 0 Å². The van der Waals surface area contributed by atoms with Gasteiger partial charge in [-0.1, -0.05) is 0 Å². The van der Waals surface area contributed by atoms with E-state index in [-0.39, 0.29) is 0 Å². The molecular formula is C17H27N3. The molecule has 0 aromatic carbocycles. The molecule has 0 amide bonds. The summed E-state index contributed by atoms with van der Waals surface area (Å²) in [5.41, 5.74) is 7.20. The summed E-state index contributed by atoms with van der Waals surface area (Å²) in [4.78, 5) is 0. The number of aryl methyl sites for hydroxylation is 1. The third-order valence-electron chi connectivity index (χ3n) is 6.28. The molecule has 5 rings (SSSR count). The van der Waals surface area contributed by atoms with Crippen molar-refractivity contribution < 1.29 is 0 Å². The zero-order valence-electron chi connectivity index (χ0n) is 12.5. The Morgan fingerprint density at radius 2 is 1.85 bits per heavy atom. The third kappa shape index (κ3) is 2.02. The molecule has 0 saturated heterocycles. The van der Waals surface area contributed by atoms with Crippen LogP contribution in [0.2, 0.25) is 0 Å². The molecule has 20 heavy (non-hydrogen) atoms. The normalized spacial score (nSPS) is 40.2. The molecule has 4 bridgehead atoms. The first kappa shape index (κ1) is 12.9. The highest BCUT2D eigenvalue weighted by molar-refractivity contribution is 5.05. The zero-order valence-corrected chi connectivity index (χ0v) is 12.5. The quantitative estimate of drug-likeness (QED) is 0.916. The first-order valence-electron chi connectivity index (χ1n) is 8.45. The maximum Gasteiger partial charge on any atom is 0.0564 e. The summed E-state index contributed by atoms with van der Waals surface area (Å²) in [6.45, 7) is 2.92. The van der Waals surface area contributed by atoms with E-state index in [1.54, 1.807) is 0 Å². The van der Waals surface area contributed by atoms with E-state index in [0.29, 0.717) is 6.04 Å². The summed E-state index contributed by atoms with van der Waals surface area (Å²) in [6, 6.07) is 0.545. The van der Waals surface area contributed by atoms with Crippen molar-refractivity contribution in [1.82, 2.24) is 9.78 Å². The van der Waals surface area contributed by atoms with Gasteiger partial charge in [-0.3, -0.25) is 4.68 Å². The van der Waals surface area contributed by atoms with Gasteiger partial charge in [-0.25, -0.2) is 0 Å². The average molecular weight is 273 g/mol. The predicted octanol–water partition coefficient (Wildman–Crippen LogP) is 3.15. The first-order valence-corrected chi connectivity index (χ1v) is 8.45. The van der Waals surface area contributed by atoms with E-state index in [9.17, 15) is 0 Å². The molecule has 0 spiro atoms. The van der Waals surface area contributed by atoms with Crippen molar-refractivity contribution in [2.24, 2.45) is 35.3 Å². The number of nitrogens with zero attached hydrogens (tertiary/aromatic N) is 2. The first-order chi connectivity index (χ1) is 9.74. The lowest BCUT2D eigenvalue weighted by atomic mass is 9.50. The second kappa shape index (κ2) is 4.87. The van der Waals surface area contributed by atoms with E-state index in [4.69, 9.17) is 5.73 Å². The predicted molar refractivity (Wildman–Crippen MR) is 80.2 cm³/mol. The van der Waals surface area contributed by atoms with Gasteiger partial charge in [0.05, 0.1) is 12.2 Å². The summed E-state index contributed by atoms with van der Waals surface area (Å²) in [5.74, 6) is 4.84. The Hall–Kier alpha value is -0.830. The molecule has 1 atom stereocenters. The van der Waals surface area contributed by atoms with Gasteiger partial charge in [0.2, 0.25) is 0 Å². The maximum atomic E-state index is 5.93. The Kier molecular flexibility index (Phi) is 3.13. The molecule has 4 aliphatic carbocycles. The topological polar surface area (TPSA) is 43.8 Å². The minimum atomic E-state index is 0.545. The lowest BCUT2D eigenvalue weighted by Crippen LogP contribution is -2.48. The van der Waals surface area contributed by atoms with Crippen LogP contribution >= 0.6 is 0 Å². The molecule has 1 heterocycles. The molecule has 110 valence electrons. The van der Waals surface area contributed by atoms with Gasteiger partial charge in [-0.2, -0.15) is 5.10 Å². The van der Waals surface area contributed by atoms with Gasteiger partial charge in [0.1, 0.15) is 0 Å². The molecule has 1 aromatic rings. The lowest BCUT2D eigenvalue weighted by Gasteiger charge is -2.56. The molecule has 4 saturated carbocycles. The summed E-state index contributed by atoms with van der Waals surface area (Å²) in [7, 11) is 0. The van der Waals surface area contributed by atoms with Crippen LogP contribution in [0, 0.1) is 36.5 Å². The molecule has 2 N–H and O–H groups in total. The minimum absolute atomic E-state index is 0.545. The van der Waals surface area contributed by atoms with E-state index >= 15 is 0 Å². The largest absolute Gasteiger partial charge is 0.330 e. The standard InChI is InChI=1S/C17H27N3/c1-11-9-19-20(10-11)16(2-3-18)17-14-5-12-4-13(7-14)8-15(17)6-12/h9-10,12-17H,2-8,18H2,1H3. The van der Waals surface area contributed by atoms with Gasteiger partial charge in [-0.15, -0.1) is 0 Å². The Labute approximate surface area is 121 Å². The van der Waals surface area contributed by atoms with E-state index in [1.165, 1.54) is 37.7 Å². The molecule has 1 unspecified atom stereocenters. The van der Waals surface area contributed by atoms with Crippen LogP contribution in [0.5, 0.6) is 0 Å². The maximum absolute atomic E-state index is 5.93. The van der Waals surface area contributed by atoms with Crippen molar-refractivity contribution in [2.45, 2.75) is 51.5 Å². The summed E-state index contributed by atoms with van der Waals surface area (Å²) in [5, 5.41) is 4.63. The number of aromatic nitrogens is 2. The molecule has 1 aromatic heterocycles. The SMILES string of the molecule is Cc1cnn(C(CCN)C2C3CC4CC(C3)CC2C4)c1. The molecule has 3 nitrogen and oxygen atoms in total. The smallest absolute Gasteiger partial charge is 0.0564 e. The van der Waals surface area contributed by atoms with Crippen LogP contribution in [0.25, 0.3) is 0 Å². The molecule has 4 fully saturated rings. The van der Waals surface area contributed by atoms with Gasteiger partial charge in [0.15, 0.2) is 0 Å². The number of rotatable bonds is 4. The fourth-order valence-electron chi connectivity index (χ4n) is 5.88. The second-order valence-electron chi connectivity index (χ2n) is 7.65. The van der Waals surface area contributed by atoms with E-state index in [1.807, 2.05) is 6.20 Å². The third-order valence-corrected chi connectivity index (χ3v) is 6.28. The van der Waals surface area contributed by atoms with E-state index in [0.717, 1.165) is 42.6 Å². The summed E-state index contributed by atoms with van der Waals surface area (Å²) < 4.78 is 2.25. The van der Waals surface area contributed by atoms with Gasteiger partial charge in [-0.05, 0) is 87.1 Å². The van der Waals surface area contributed by atoms with Gasteiger partial charge < -0.3 is 5.73 Å². The van der Waals surface area contributed by atoms with Crippen molar-refractivity contribution in [2.75, 3.05) is 6.54 Å².